The van der Waals surface area contributed by atoms with Crippen molar-refractivity contribution in [1.29, 1.82) is 0 Å². The fraction of sp³-hybridized carbons (Fsp3) is 0.219. The molecule has 5 aromatic rings. The van der Waals surface area contributed by atoms with Gasteiger partial charge in [0.15, 0.2) is 0 Å². The highest BCUT2D eigenvalue weighted by atomic mass is 35.5. The largest absolute Gasteiger partial charge is 0.488 e. The number of rotatable bonds is 13. The fourth-order valence-corrected chi connectivity index (χ4v) is 4.99. The molecule has 44 heavy (non-hydrogen) atoms. The van der Waals surface area contributed by atoms with E-state index < -0.39 is 18.6 Å². The van der Waals surface area contributed by atoms with Crippen LogP contribution in [0.1, 0.15) is 23.6 Å². The first kappa shape index (κ1) is 31.2. The van der Waals surface area contributed by atoms with E-state index in [1.54, 1.807) is 43.3 Å². The van der Waals surface area contributed by atoms with Crippen LogP contribution in [0.3, 0.4) is 0 Å². The number of ether oxygens (including phenoxy) is 3. The van der Waals surface area contributed by atoms with Crippen LogP contribution in [0.25, 0.3) is 22.2 Å². The maximum atomic E-state index is 13.8. The zero-order valence-corrected chi connectivity index (χ0v) is 25.1. The fourth-order valence-electron chi connectivity index (χ4n) is 4.46. The van der Waals surface area contributed by atoms with E-state index in [-0.39, 0.29) is 32.2 Å². The van der Waals surface area contributed by atoms with Crippen molar-refractivity contribution in [3.63, 3.8) is 0 Å². The molecule has 0 spiro atoms. The van der Waals surface area contributed by atoms with Gasteiger partial charge < -0.3 is 19.3 Å². The molecule has 5 rings (SSSR count). The number of benzene rings is 4. The Kier molecular flexibility index (Phi) is 10.3. The quantitative estimate of drug-likeness (QED) is 0.139. The average molecular weight is 640 g/mol. The second-order valence-corrected chi connectivity index (χ2v) is 10.5. The first-order valence-electron chi connectivity index (χ1n) is 13.7. The number of nitrogens with zero attached hydrogens (tertiary/aromatic N) is 2. The molecule has 0 aliphatic rings. The van der Waals surface area contributed by atoms with Crippen LogP contribution in [0, 0.1) is 5.82 Å². The molecule has 0 bridgehead atoms. The van der Waals surface area contributed by atoms with Gasteiger partial charge in [-0.15, -0.1) is 0 Å². The van der Waals surface area contributed by atoms with Gasteiger partial charge in [0.1, 0.15) is 47.6 Å². The molecule has 1 heterocycles. The minimum absolute atomic E-state index is 0.0734. The topological polar surface area (TPSA) is 116 Å². The average Bonchev–Trinajstić information content (AvgIpc) is 3.49. The van der Waals surface area contributed by atoms with Crippen LogP contribution < -0.4 is 14.8 Å². The summed E-state index contributed by atoms with van der Waals surface area (Å²) in [5, 5.41) is 21.1. The van der Waals surface area contributed by atoms with E-state index in [1.807, 2.05) is 24.3 Å². The van der Waals surface area contributed by atoms with E-state index in [4.69, 9.17) is 42.0 Å². The molecule has 0 amide bonds. The van der Waals surface area contributed by atoms with Crippen molar-refractivity contribution < 1.29 is 33.1 Å². The summed E-state index contributed by atoms with van der Waals surface area (Å²) in [5.41, 5.74) is 4.62. The van der Waals surface area contributed by atoms with Crippen molar-refractivity contribution in [2.45, 2.75) is 32.7 Å². The molecule has 2 N–H and O–H groups in total. The summed E-state index contributed by atoms with van der Waals surface area (Å²) >= 11 is 13.3. The third kappa shape index (κ3) is 7.46. The Morgan fingerprint density at radius 3 is 2.55 bits per heavy atom. The van der Waals surface area contributed by atoms with E-state index in [1.165, 1.54) is 12.1 Å². The Balaban J connectivity index is 1.38. The molecule has 1 atom stereocenters. The van der Waals surface area contributed by atoms with Crippen molar-refractivity contribution >= 4 is 40.2 Å². The van der Waals surface area contributed by atoms with Gasteiger partial charge in [-0.05, 0) is 58.7 Å². The van der Waals surface area contributed by atoms with Gasteiger partial charge in [-0.3, -0.25) is 10.1 Å². The van der Waals surface area contributed by atoms with E-state index in [9.17, 15) is 14.3 Å². The Bertz CT molecular complexity index is 1770. The number of aliphatic hydroxyl groups is 1. The molecule has 0 aliphatic heterocycles. The summed E-state index contributed by atoms with van der Waals surface area (Å²) in [5.74, 6) is -0.178. The first-order valence-corrected chi connectivity index (χ1v) is 14.4. The van der Waals surface area contributed by atoms with E-state index >= 15 is 0 Å². The lowest BCUT2D eigenvalue weighted by molar-refractivity contribution is -0.146. The minimum atomic E-state index is -0.938. The lowest BCUT2D eigenvalue weighted by Crippen LogP contribution is -2.40. The van der Waals surface area contributed by atoms with Crippen molar-refractivity contribution in [1.82, 2.24) is 15.6 Å². The number of nitrogens with one attached hydrogen (secondary N) is 1. The molecular formula is C32H28Cl2FN3O6. The normalized spacial score (nSPS) is 11.8. The molecule has 4 aromatic carbocycles. The van der Waals surface area contributed by atoms with Gasteiger partial charge in [0.05, 0.1) is 23.3 Å². The molecule has 1 aromatic heterocycles. The summed E-state index contributed by atoms with van der Waals surface area (Å²) in [4.78, 5) is 12.2. The Morgan fingerprint density at radius 2 is 1.75 bits per heavy atom. The maximum Gasteiger partial charge on any atom is 0.325 e. The minimum Gasteiger partial charge on any atom is -0.488 e. The Morgan fingerprint density at radius 1 is 0.955 bits per heavy atom. The third-order valence-corrected chi connectivity index (χ3v) is 7.46. The predicted molar refractivity (Wildman–Crippen MR) is 163 cm³/mol. The number of esters is 1. The smallest absolute Gasteiger partial charge is 0.325 e. The van der Waals surface area contributed by atoms with Gasteiger partial charge in [-0.25, -0.2) is 9.02 Å². The molecule has 0 saturated carbocycles. The van der Waals surface area contributed by atoms with Crippen LogP contribution in [0.4, 0.5) is 4.39 Å². The van der Waals surface area contributed by atoms with E-state index in [0.717, 1.165) is 5.56 Å². The highest BCUT2D eigenvalue weighted by Gasteiger charge is 2.20. The highest BCUT2D eigenvalue weighted by Crippen LogP contribution is 2.36. The van der Waals surface area contributed by atoms with Crippen LogP contribution in [0.5, 0.6) is 11.5 Å². The van der Waals surface area contributed by atoms with Crippen LogP contribution in [0.15, 0.2) is 77.4 Å². The second-order valence-electron chi connectivity index (χ2n) is 9.71. The lowest BCUT2D eigenvalue weighted by atomic mass is 10.0. The zero-order chi connectivity index (χ0) is 31.1. The van der Waals surface area contributed by atoms with E-state index in [2.05, 4.69) is 15.6 Å². The molecule has 0 saturated heterocycles. The number of carbonyl (C=O) groups is 1. The molecule has 0 unspecified atom stereocenters. The first-order chi connectivity index (χ1) is 21.4. The van der Waals surface area contributed by atoms with Crippen molar-refractivity contribution in [2.75, 3.05) is 13.2 Å². The van der Waals surface area contributed by atoms with Gasteiger partial charge in [0.2, 0.25) is 0 Å². The van der Waals surface area contributed by atoms with Crippen LogP contribution in [0.2, 0.25) is 10.0 Å². The number of aromatic nitrogens is 2. The number of halogens is 3. The predicted octanol–water partition coefficient (Wildman–Crippen LogP) is 6.51. The van der Waals surface area contributed by atoms with Crippen molar-refractivity contribution in [2.24, 2.45) is 0 Å². The summed E-state index contributed by atoms with van der Waals surface area (Å²) in [6.45, 7) is 1.79. The van der Waals surface area contributed by atoms with Crippen LogP contribution in [-0.4, -0.2) is 40.6 Å². The molecule has 228 valence electrons. The standard InChI is InChI=1S/C32H28Cl2FN3O6/c1-2-41-32(40)28(16-39)36-15-22-13-25(33)30(14-29(22)42-17-19-9-10-26-27(11-19)38-44-37-26)43-18-21-6-4-8-24(31(21)34)20-5-3-7-23(35)12-20/h3-14,28,36,39H,2,15-18H2,1H3/t28-/m1/s1. The molecule has 0 radical (unpaired) electrons. The SMILES string of the molecule is CCOC(=O)[C@@H](CO)NCc1cc(Cl)c(OCc2cccc(-c3cccc(F)c3)c2Cl)cc1OCc1ccc2nonc2c1. The number of hydrogen-bond donors (Lipinski definition) is 2. The van der Waals surface area contributed by atoms with Gasteiger partial charge in [0.25, 0.3) is 0 Å². The summed E-state index contributed by atoms with van der Waals surface area (Å²) < 4.78 is 35.9. The van der Waals surface area contributed by atoms with Crippen LogP contribution >= 0.6 is 23.2 Å². The summed E-state index contributed by atoms with van der Waals surface area (Å²) in [6.07, 6.45) is 0. The lowest BCUT2D eigenvalue weighted by Gasteiger charge is -2.19. The molecule has 12 heteroatoms. The number of fused-ring (bicyclic) bond motifs is 1. The summed E-state index contributed by atoms with van der Waals surface area (Å²) in [7, 11) is 0. The van der Waals surface area contributed by atoms with Gasteiger partial charge in [0, 0.05) is 29.3 Å². The Hall–Kier alpha value is -4.22. The number of aliphatic hydroxyl groups excluding tert-OH is 1. The van der Waals surface area contributed by atoms with Crippen molar-refractivity contribution in [3.8, 4) is 22.6 Å². The van der Waals surface area contributed by atoms with Gasteiger partial charge >= 0.3 is 5.97 Å². The van der Waals surface area contributed by atoms with E-state index in [0.29, 0.717) is 54.8 Å². The Labute approximate surface area is 262 Å². The number of carbonyl (C=O) groups excluding carboxylic acids is 1. The molecule has 0 aliphatic carbocycles. The molecular weight excluding hydrogens is 612 g/mol. The van der Waals surface area contributed by atoms with Gasteiger partial charge in [-0.1, -0.05) is 59.6 Å². The zero-order valence-electron chi connectivity index (χ0n) is 23.6. The highest BCUT2D eigenvalue weighted by molar-refractivity contribution is 6.34. The summed E-state index contributed by atoms with van der Waals surface area (Å²) in [6, 6.07) is 19.4. The van der Waals surface area contributed by atoms with Gasteiger partial charge in [-0.2, -0.15) is 0 Å². The monoisotopic (exact) mass is 639 g/mol. The second kappa shape index (κ2) is 14.5. The van der Waals surface area contributed by atoms with Crippen molar-refractivity contribution in [3.05, 3.63) is 105 Å². The number of hydrogen-bond acceptors (Lipinski definition) is 9. The van der Waals surface area contributed by atoms with Crippen LogP contribution in [-0.2, 0) is 29.3 Å². The maximum absolute atomic E-state index is 13.8. The molecule has 0 fully saturated rings. The third-order valence-electron chi connectivity index (χ3n) is 6.72. The molecule has 9 nitrogen and oxygen atoms in total.